The highest BCUT2D eigenvalue weighted by molar-refractivity contribution is 5.98. The smallest absolute Gasteiger partial charge is 0.248 e. The number of nitrogens with two attached hydrogens (primary N) is 1. The zero-order valence-electron chi connectivity index (χ0n) is 45.9. The molecule has 3 saturated heterocycles. The zero-order chi connectivity index (χ0) is 57.8. The van der Waals surface area contributed by atoms with Crippen LogP contribution in [0.25, 0.3) is 0 Å². The molecule has 0 saturated carbocycles. The summed E-state index contributed by atoms with van der Waals surface area (Å²) >= 11 is 0. The number of aliphatic hydroxyl groups is 7. The van der Waals surface area contributed by atoms with Crippen molar-refractivity contribution in [2.24, 2.45) is 17.6 Å². The summed E-state index contributed by atoms with van der Waals surface area (Å²) in [5.41, 5.74) is 5.75. The van der Waals surface area contributed by atoms with Crippen molar-refractivity contribution in [2.75, 3.05) is 39.8 Å². The monoisotopic (exact) mass is 1110 g/mol. The molecule has 25 nitrogen and oxygen atoms in total. The highest BCUT2D eigenvalue weighted by Crippen LogP contribution is 2.27. The summed E-state index contributed by atoms with van der Waals surface area (Å²) in [7, 11) is 1.55. The number of benzene rings is 1. The number of hydrogen-bond donors (Lipinski definition) is 16. The first kappa shape index (κ1) is 65.4. The molecule has 17 N–H and O–H groups in total. The van der Waals surface area contributed by atoms with Crippen LogP contribution < -0.4 is 43.0 Å². The number of carbonyl (C=O) groups excluding carboxylic acids is 7. The van der Waals surface area contributed by atoms with Crippen LogP contribution in [0.5, 0.6) is 5.75 Å². The molecule has 3 fully saturated rings. The molecule has 3 heterocycles. The fraction of sp³-hybridized carbons (Fsp3) is 0.755. The average Bonchev–Trinajstić information content (AvgIpc) is 4.04. The first-order chi connectivity index (χ1) is 37.0. The van der Waals surface area contributed by atoms with E-state index in [9.17, 15) is 74.4 Å². The van der Waals surface area contributed by atoms with Gasteiger partial charge in [0.1, 0.15) is 60.4 Å². The second kappa shape index (κ2) is 32.2. The van der Waals surface area contributed by atoms with Crippen molar-refractivity contribution in [3.63, 3.8) is 0 Å². The maximum absolute atomic E-state index is 14.7. The first-order valence-corrected chi connectivity index (χ1v) is 27.8. The largest absolute Gasteiger partial charge is 0.508 e. The van der Waals surface area contributed by atoms with E-state index in [2.05, 4.69) is 58.0 Å². The second-order valence-corrected chi connectivity index (χ2v) is 21.6. The fourth-order valence-corrected chi connectivity index (χ4v) is 10.4. The number of aromatic hydroxyl groups is 1. The Morgan fingerprint density at radius 1 is 0.731 bits per heavy atom. The minimum Gasteiger partial charge on any atom is -0.508 e. The molecule has 25 heteroatoms. The summed E-state index contributed by atoms with van der Waals surface area (Å²) in [5, 5.41) is 108. The summed E-state index contributed by atoms with van der Waals surface area (Å²) in [6, 6.07) is -6.27. The third-order valence-corrected chi connectivity index (χ3v) is 15.1. The predicted molar refractivity (Wildman–Crippen MR) is 285 cm³/mol. The number of amides is 7. The number of unbranched alkanes of at least 4 members (excludes halogenated alkanes) is 5. The lowest BCUT2D eigenvalue weighted by atomic mass is 9.91. The molecular weight excluding hydrogens is 1020 g/mol. The van der Waals surface area contributed by atoms with E-state index < -0.39 is 146 Å². The molecule has 7 amide bonds. The van der Waals surface area contributed by atoms with Gasteiger partial charge in [0.15, 0.2) is 0 Å². The van der Waals surface area contributed by atoms with Gasteiger partial charge in [0.25, 0.3) is 0 Å². The molecule has 0 unspecified atom stereocenters. The molecule has 3 aliphatic rings. The van der Waals surface area contributed by atoms with E-state index in [-0.39, 0.29) is 56.8 Å². The highest BCUT2D eigenvalue weighted by atomic mass is 16.3. The van der Waals surface area contributed by atoms with Crippen molar-refractivity contribution in [3.05, 3.63) is 29.8 Å². The van der Waals surface area contributed by atoms with E-state index in [1.165, 1.54) is 30.7 Å². The minimum atomic E-state index is -2.27. The SMILES string of the molecule is CC[C@H](C)C[C@H](C)CCCCCCCCC(=O)N[C@H]1C[C@@H](O)[C@@H](NCCN)NC(=O)[C@@H]2[C@@H](O)CCN2C(=O)[C@H]([C@H](O)CCNC)NC(=O)[C@H]([C@H](O)[C@@H](O)c2ccc(O)cc2)NC(=O)[C@@H]2C[C@@H](O)CN2C(=O)[C@H]([C@@H](C)O)NC1=O. The number of fused-ring (bicyclic) bond motifs is 2. The van der Waals surface area contributed by atoms with Gasteiger partial charge in [0.05, 0.1) is 30.5 Å². The van der Waals surface area contributed by atoms with E-state index in [1.54, 1.807) is 7.05 Å². The van der Waals surface area contributed by atoms with Crippen molar-refractivity contribution in [1.29, 1.82) is 0 Å². The van der Waals surface area contributed by atoms with Crippen LogP contribution in [0.15, 0.2) is 24.3 Å². The van der Waals surface area contributed by atoms with Crippen LogP contribution in [0.4, 0.5) is 0 Å². The Morgan fingerprint density at radius 2 is 1.36 bits per heavy atom. The van der Waals surface area contributed by atoms with E-state index in [0.29, 0.717) is 24.7 Å². The average molecular weight is 1110 g/mol. The van der Waals surface area contributed by atoms with Gasteiger partial charge < -0.3 is 88.3 Å². The van der Waals surface area contributed by atoms with Crippen molar-refractivity contribution >= 4 is 41.4 Å². The van der Waals surface area contributed by atoms with Crippen LogP contribution >= 0.6 is 0 Å². The lowest BCUT2D eigenvalue weighted by Gasteiger charge is -2.35. The van der Waals surface area contributed by atoms with Crippen LogP contribution in [0.2, 0.25) is 0 Å². The van der Waals surface area contributed by atoms with Crippen molar-refractivity contribution in [1.82, 2.24) is 47.0 Å². The van der Waals surface area contributed by atoms with Crippen LogP contribution in [0.1, 0.15) is 129 Å². The molecule has 1 aromatic carbocycles. The summed E-state index contributed by atoms with van der Waals surface area (Å²) in [6.07, 6.45) is -6.63. The van der Waals surface area contributed by atoms with Gasteiger partial charge >= 0.3 is 0 Å². The van der Waals surface area contributed by atoms with Gasteiger partial charge in [-0.15, -0.1) is 0 Å². The molecule has 0 bridgehead atoms. The second-order valence-electron chi connectivity index (χ2n) is 21.6. The van der Waals surface area contributed by atoms with Gasteiger partial charge in [-0.1, -0.05) is 77.8 Å². The molecule has 3 aliphatic heterocycles. The normalized spacial score (nSPS) is 28.4. The van der Waals surface area contributed by atoms with Crippen molar-refractivity contribution < 1.29 is 74.4 Å². The van der Waals surface area contributed by atoms with Crippen LogP contribution in [0.3, 0.4) is 0 Å². The number of carbonyl (C=O) groups is 7. The van der Waals surface area contributed by atoms with E-state index in [0.717, 1.165) is 55.2 Å². The minimum absolute atomic E-state index is 0.0221. The highest BCUT2D eigenvalue weighted by Gasteiger charge is 2.49. The number of nitrogens with zero attached hydrogens (tertiary/aromatic N) is 2. The Balaban J connectivity index is 1.74. The Morgan fingerprint density at radius 3 is 2.00 bits per heavy atom. The molecule has 0 spiro atoms. The molecule has 0 aliphatic carbocycles. The van der Waals surface area contributed by atoms with Crippen LogP contribution in [-0.2, 0) is 33.6 Å². The Hall–Kier alpha value is -5.09. The lowest BCUT2D eigenvalue weighted by molar-refractivity contribution is -0.148. The number of rotatable bonds is 24. The number of nitrogens with one attached hydrogen (secondary N) is 7. The lowest BCUT2D eigenvalue weighted by Crippen LogP contribution is -2.65. The van der Waals surface area contributed by atoms with Gasteiger partial charge in [0, 0.05) is 45.4 Å². The number of phenolic OH excluding ortho intramolecular Hbond substituents is 1. The molecule has 442 valence electrons. The third kappa shape index (κ3) is 19.0. The van der Waals surface area contributed by atoms with Crippen LogP contribution in [-0.4, -0.2) is 211 Å². The Labute approximate surface area is 457 Å². The van der Waals surface area contributed by atoms with Gasteiger partial charge in [-0.25, -0.2) is 0 Å². The predicted octanol–water partition coefficient (Wildman–Crippen LogP) is -3.05. The summed E-state index contributed by atoms with van der Waals surface area (Å²) in [5.74, 6) is -6.32. The standard InChI is InChI=1S/C53H90N10O15/c1-6-29(2)25-30(3)13-11-9-7-8-10-12-14-40(70)57-35-27-39(69)47(56-23-21-54)61-51(76)44-38(68)20-24-62(44)53(78)42(37(67)19-22-55-5)59-50(75)43(46(72)45(71)32-15-17-33(65)18-16-32)60-49(74)36-26-34(66)28-63(36)52(77)41(31(4)64)58-48(35)73/h15-18,29-31,34-39,41-47,55-56,64-69,71-72H,6-14,19-28,54H2,1-5H3,(H,57,70)(H,58,73)(H,59,75)(H,60,74)(H,61,76)/t29-,30+,31+,34+,35-,36-,37+,38-,39+,41-,42-,43-,44-,45-,46-,47-/m0/s1. The summed E-state index contributed by atoms with van der Waals surface area (Å²) in [6.45, 7) is 7.10. The van der Waals surface area contributed by atoms with Gasteiger partial charge in [-0.05, 0) is 75.7 Å². The van der Waals surface area contributed by atoms with Crippen molar-refractivity contribution in [3.8, 4) is 5.75 Å². The number of aliphatic hydroxyl groups excluding tert-OH is 7. The van der Waals surface area contributed by atoms with E-state index in [1.807, 2.05) is 0 Å². The summed E-state index contributed by atoms with van der Waals surface area (Å²) < 4.78 is 0. The maximum Gasteiger partial charge on any atom is 0.248 e. The summed E-state index contributed by atoms with van der Waals surface area (Å²) in [4.78, 5) is 102. The van der Waals surface area contributed by atoms with Crippen molar-refractivity contribution in [2.45, 2.75) is 203 Å². The van der Waals surface area contributed by atoms with E-state index in [4.69, 9.17) is 5.73 Å². The number of phenols is 1. The van der Waals surface area contributed by atoms with Gasteiger partial charge in [-0.3, -0.25) is 38.9 Å². The van der Waals surface area contributed by atoms with Gasteiger partial charge in [0.2, 0.25) is 41.4 Å². The Kier molecular flexibility index (Phi) is 27.0. The molecular formula is C53H90N10O15. The third-order valence-electron chi connectivity index (χ3n) is 15.1. The van der Waals surface area contributed by atoms with E-state index >= 15 is 0 Å². The Bertz CT molecular complexity index is 2090. The molecule has 0 radical (unpaired) electrons. The number of hydrogen-bond acceptors (Lipinski definition) is 18. The first-order valence-electron chi connectivity index (χ1n) is 27.8. The zero-order valence-corrected chi connectivity index (χ0v) is 45.9. The molecule has 1 aromatic rings. The molecule has 4 rings (SSSR count). The fourth-order valence-electron chi connectivity index (χ4n) is 10.4. The quantitative estimate of drug-likeness (QED) is 0.0457. The van der Waals surface area contributed by atoms with Crippen LogP contribution in [0, 0.1) is 11.8 Å². The molecule has 16 atom stereocenters. The molecule has 0 aromatic heterocycles. The maximum atomic E-state index is 14.7. The van der Waals surface area contributed by atoms with Gasteiger partial charge in [-0.2, -0.15) is 0 Å². The molecule has 78 heavy (non-hydrogen) atoms. The topological polar surface area (TPSA) is 398 Å².